The van der Waals surface area contributed by atoms with E-state index in [1.807, 2.05) is 22.2 Å². The van der Waals surface area contributed by atoms with Gasteiger partial charge in [0.25, 0.3) is 0 Å². The van der Waals surface area contributed by atoms with Crippen LogP contribution in [0.4, 0.5) is 5.69 Å². The van der Waals surface area contributed by atoms with Gasteiger partial charge in [-0.3, -0.25) is 15.0 Å². The third-order valence-electron chi connectivity index (χ3n) is 2.96. The van der Waals surface area contributed by atoms with Crippen LogP contribution >= 0.6 is 23.2 Å². The SMILES string of the molecule is Clc1ccc(N2CN=CN2CC2OCCO2)c(Cl)c1. The fourth-order valence-corrected chi connectivity index (χ4v) is 2.57. The Hall–Kier alpha value is -1.01. The molecule has 1 aromatic rings. The molecule has 0 aromatic heterocycles. The van der Waals surface area contributed by atoms with Crippen LogP contribution in [0.15, 0.2) is 23.2 Å². The van der Waals surface area contributed by atoms with Gasteiger partial charge in [0, 0.05) is 5.02 Å². The predicted molar refractivity (Wildman–Crippen MR) is 74.7 cm³/mol. The van der Waals surface area contributed by atoms with E-state index in [0.29, 0.717) is 36.5 Å². The molecular weight excluding hydrogens is 289 g/mol. The lowest BCUT2D eigenvalue weighted by Crippen LogP contribution is -2.42. The standard InChI is InChI=1S/C12H13Cl2N3O2/c13-9-1-2-11(10(14)5-9)17-8-15-7-16(17)6-12-18-3-4-19-12/h1-2,5,7,12H,3-4,6,8H2. The van der Waals surface area contributed by atoms with Crippen molar-refractivity contribution in [3.8, 4) is 0 Å². The predicted octanol–water partition coefficient (Wildman–Crippen LogP) is 2.39. The quantitative estimate of drug-likeness (QED) is 0.859. The van der Waals surface area contributed by atoms with Crippen LogP contribution in [0.25, 0.3) is 0 Å². The van der Waals surface area contributed by atoms with E-state index in [1.165, 1.54) is 0 Å². The first-order chi connectivity index (χ1) is 9.24. The minimum absolute atomic E-state index is 0.224. The fraction of sp³-hybridized carbons (Fsp3) is 0.417. The van der Waals surface area contributed by atoms with Crippen molar-refractivity contribution in [1.82, 2.24) is 5.01 Å². The zero-order chi connectivity index (χ0) is 13.2. The van der Waals surface area contributed by atoms with Crippen LogP contribution in [0.5, 0.6) is 0 Å². The molecule has 5 nitrogen and oxygen atoms in total. The molecule has 0 N–H and O–H groups in total. The van der Waals surface area contributed by atoms with Gasteiger partial charge in [-0.2, -0.15) is 0 Å². The maximum Gasteiger partial charge on any atom is 0.177 e. The minimum Gasteiger partial charge on any atom is -0.348 e. The van der Waals surface area contributed by atoms with Crippen LogP contribution in [-0.2, 0) is 9.47 Å². The van der Waals surface area contributed by atoms with E-state index in [2.05, 4.69) is 4.99 Å². The Morgan fingerprint density at radius 2 is 2.05 bits per heavy atom. The number of hydrazine groups is 1. The molecule has 1 fully saturated rings. The van der Waals surface area contributed by atoms with E-state index in [1.54, 1.807) is 12.4 Å². The van der Waals surface area contributed by atoms with E-state index in [4.69, 9.17) is 32.7 Å². The Morgan fingerprint density at radius 3 is 2.79 bits per heavy atom. The number of benzene rings is 1. The van der Waals surface area contributed by atoms with Gasteiger partial charge in [-0.15, -0.1) is 0 Å². The number of rotatable bonds is 3. The zero-order valence-corrected chi connectivity index (χ0v) is 11.6. The smallest absolute Gasteiger partial charge is 0.177 e. The van der Waals surface area contributed by atoms with Crippen molar-refractivity contribution in [2.75, 3.05) is 31.4 Å². The summed E-state index contributed by atoms with van der Waals surface area (Å²) in [5.74, 6) is 0. The lowest BCUT2D eigenvalue weighted by atomic mass is 10.3. The van der Waals surface area contributed by atoms with Gasteiger partial charge in [0.1, 0.15) is 13.0 Å². The van der Waals surface area contributed by atoms with Crippen LogP contribution < -0.4 is 5.01 Å². The average molecular weight is 302 g/mol. The summed E-state index contributed by atoms with van der Waals surface area (Å²) in [6, 6.07) is 5.40. The highest BCUT2D eigenvalue weighted by molar-refractivity contribution is 6.36. The molecule has 1 aromatic carbocycles. The Kier molecular flexibility index (Phi) is 3.79. The molecule has 3 rings (SSSR count). The first kappa shape index (κ1) is 13.0. The van der Waals surface area contributed by atoms with Gasteiger partial charge in [0.05, 0.1) is 30.5 Å². The molecule has 1 saturated heterocycles. The van der Waals surface area contributed by atoms with Gasteiger partial charge in [-0.25, -0.2) is 0 Å². The number of hydrogen-bond donors (Lipinski definition) is 0. The summed E-state index contributed by atoms with van der Waals surface area (Å²) in [5.41, 5.74) is 0.863. The molecule has 0 saturated carbocycles. The van der Waals surface area contributed by atoms with Crippen molar-refractivity contribution in [3.63, 3.8) is 0 Å². The molecule has 0 atom stereocenters. The molecule has 0 aliphatic carbocycles. The number of anilines is 1. The summed E-state index contributed by atoms with van der Waals surface area (Å²) in [6.45, 7) is 2.38. The Balaban J connectivity index is 1.75. The van der Waals surface area contributed by atoms with Crippen LogP contribution in [0.1, 0.15) is 0 Å². The van der Waals surface area contributed by atoms with Crippen molar-refractivity contribution in [2.45, 2.75) is 6.29 Å². The van der Waals surface area contributed by atoms with Crippen molar-refractivity contribution < 1.29 is 9.47 Å². The molecule has 0 unspecified atom stereocenters. The maximum atomic E-state index is 6.22. The Morgan fingerprint density at radius 1 is 1.26 bits per heavy atom. The van der Waals surface area contributed by atoms with Gasteiger partial charge >= 0.3 is 0 Å². The second-order valence-corrected chi connectivity index (χ2v) is 5.07. The molecule has 0 radical (unpaired) electrons. The van der Waals surface area contributed by atoms with Crippen LogP contribution in [-0.4, -0.2) is 44.1 Å². The molecule has 2 aliphatic rings. The summed E-state index contributed by atoms with van der Waals surface area (Å²) in [4.78, 5) is 4.25. The van der Waals surface area contributed by atoms with Crippen molar-refractivity contribution in [3.05, 3.63) is 28.2 Å². The van der Waals surface area contributed by atoms with Gasteiger partial charge in [-0.1, -0.05) is 23.2 Å². The number of ether oxygens (including phenoxy) is 2. The van der Waals surface area contributed by atoms with Crippen LogP contribution in [0, 0.1) is 0 Å². The highest BCUT2D eigenvalue weighted by Crippen LogP contribution is 2.30. The number of nitrogens with zero attached hydrogens (tertiary/aromatic N) is 3. The number of halogens is 2. The van der Waals surface area contributed by atoms with E-state index in [0.717, 1.165) is 5.69 Å². The number of hydrogen-bond acceptors (Lipinski definition) is 5. The highest BCUT2D eigenvalue weighted by atomic mass is 35.5. The molecule has 0 spiro atoms. The first-order valence-corrected chi connectivity index (χ1v) is 6.72. The summed E-state index contributed by atoms with van der Waals surface area (Å²) < 4.78 is 10.9. The Bertz CT molecular complexity index is 492. The van der Waals surface area contributed by atoms with E-state index in [9.17, 15) is 0 Å². The monoisotopic (exact) mass is 301 g/mol. The van der Waals surface area contributed by atoms with Gasteiger partial charge in [-0.05, 0) is 18.2 Å². The second kappa shape index (κ2) is 5.54. The fourth-order valence-electron chi connectivity index (χ4n) is 2.07. The van der Waals surface area contributed by atoms with Crippen molar-refractivity contribution in [2.24, 2.45) is 4.99 Å². The average Bonchev–Trinajstić information content (AvgIpc) is 3.02. The largest absolute Gasteiger partial charge is 0.348 e. The summed E-state index contributed by atoms with van der Waals surface area (Å²) in [5, 5.41) is 5.11. The van der Waals surface area contributed by atoms with Gasteiger partial charge in [0.15, 0.2) is 6.29 Å². The lowest BCUT2D eigenvalue weighted by molar-refractivity contribution is -0.0520. The lowest BCUT2D eigenvalue weighted by Gasteiger charge is -2.31. The van der Waals surface area contributed by atoms with E-state index >= 15 is 0 Å². The molecule has 7 heteroatoms. The summed E-state index contributed by atoms with van der Waals surface area (Å²) in [6.07, 6.45) is 1.54. The number of aliphatic imine (C=N–C) groups is 1. The van der Waals surface area contributed by atoms with Gasteiger partial charge < -0.3 is 9.47 Å². The first-order valence-electron chi connectivity index (χ1n) is 5.96. The summed E-state index contributed by atoms with van der Waals surface area (Å²) in [7, 11) is 0. The third kappa shape index (κ3) is 2.79. The molecular formula is C12H13Cl2N3O2. The second-order valence-electron chi connectivity index (χ2n) is 4.23. The van der Waals surface area contributed by atoms with E-state index < -0.39 is 0 Å². The topological polar surface area (TPSA) is 37.3 Å². The molecule has 0 bridgehead atoms. The molecule has 2 heterocycles. The molecule has 2 aliphatic heterocycles. The third-order valence-corrected chi connectivity index (χ3v) is 3.49. The molecule has 102 valence electrons. The normalized spacial score (nSPS) is 19.7. The maximum absolute atomic E-state index is 6.22. The molecule has 0 amide bonds. The van der Waals surface area contributed by atoms with Crippen molar-refractivity contribution >= 4 is 35.2 Å². The van der Waals surface area contributed by atoms with Crippen molar-refractivity contribution in [1.29, 1.82) is 0 Å². The van der Waals surface area contributed by atoms with E-state index in [-0.39, 0.29) is 6.29 Å². The molecule has 19 heavy (non-hydrogen) atoms. The van der Waals surface area contributed by atoms with Crippen LogP contribution in [0.2, 0.25) is 10.0 Å². The summed E-state index contributed by atoms with van der Waals surface area (Å²) >= 11 is 12.1. The minimum atomic E-state index is -0.224. The van der Waals surface area contributed by atoms with Gasteiger partial charge in [0.2, 0.25) is 0 Å². The van der Waals surface area contributed by atoms with Crippen LogP contribution in [0.3, 0.4) is 0 Å². The Labute approximate surface area is 121 Å². The highest BCUT2D eigenvalue weighted by Gasteiger charge is 2.26. The zero-order valence-electron chi connectivity index (χ0n) is 10.1.